The van der Waals surface area contributed by atoms with Crippen LogP contribution in [0.15, 0.2) is 40.9 Å². The first-order valence-corrected chi connectivity index (χ1v) is 10.7. The van der Waals surface area contributed by atoms with Gasteiger partial charge in [-0.3, -0.25) is 14.2 Å². The number of aliphatic carboxylic acids is 1. The molecule has 156 valence electrons. The summed E-state index contributed by atoms with van der Waals surface area (Å²) in [7, 11) is 0. The molecular weight excluding hydrogens is 453 g/mol. The molecule has 0 radical (unpaired) electrons. The molecular formula is C23H21BrFNO4. The molecule has 0 bridgehead atoms. The zero-order valence-corrected chi connectivity index (χ0v) is 17.9. The van der Waals surface area contributed by atoms with Crippen LogP contribution in [0.3, 0.4) is 0 Å². The van der Waals surface area contributed by atoms with Crippen molar-refractivity contribution in [2.45, 2.75) is 38.5 Å². The van der Waals surface area contributed by atoms with E-state index in [2.05, 4.69) is 15.9 Å². The Kier molecular flexibility index (Phi) is 5.40. The second kappa shape index (κ2) is 7.87. The average Bonchev–Trinajstić information content (AvgIpc) is 3.31. The van der Waals surface area contributed by atoms with Crippen molar-refractivity contribution in [2.24, 2.45) is 5.92 Å². The largest absolute Gasteiger partial charge is 0.505 e. The van der Waals surface area contributed by atoms with E-state index in [1.807, 2.05) is 0 Å². The van der Waals surface area contributed by atoms with E-state index < -0.39 is 23.5 Å². The quantitative estimate of drug-likeness (QED) is 0.516. The molecule has 0 amide bonds. The Morgan fingerprint density at radius 1 is 1.17 bits per heavy atom. The lowest BCUT2D eigenvalue weighted by molar-refractivity contribution is -0.140. The summed E-state index contributed by atoms with van der Waals surface area (Å²) in [5.41, 5.74) is 1.59. The zero-order chi connectivity index (χ0) is 21.6. The molecule has 7 heteroatoms. The Labute approximate surface area is 181 Å². The summed E-state index contributed by atoms with van der Waals surface area (Å²) in [5.74, 6) is -3.65. The fraction of sp³-hybridized carbons (Fsp3) is 0.304. The van der Waals surface area contributed by atoms with Crippen molar-refractivity contribution in [2.75, 3.05) is 0 Å². The average molecular weight is 474 g/mol. The molecule has 1 unspecified atom stereocenters. The number of halogens is 2. The van der Waals surface area contributed by atoms with Crippen molar-refractivity contribution < 1.29 is 24.2 Å². The van der Waals surface area contributed by atoms with Gasteiger partial charge in [0, 0.05) is 27.2 Å². The van der Waals surface area contributed by atoms with Gasteiger partial charge in [0.15, 0.2) is 11.6 Å². The monoisotopic (exact) mass is 473 g/mol. The Bertz CT molecular complexity index is 1150. The van der Waals surface area contributed by atoms with Crippen LogP contribution in [0.25, 0.3) is 10.9 Å². The highest BCUT2D eigenvalue weighted by molar-refractivity contribution is 9.10. The highest BCUT2D eigenvalue weighted by atomic mass is 79.9. The van der Waals surface area contributed by atoms with Gasteiger partial charge >= 0.3 is 5.97 Å². The van der Waals surface area contributed by atoms with Gasteiger partial charge in [-0.1, -0.05) is 28.8 Å². The van der Waals surface area contributed by atoms with Crippen LogP contribution in [-0.2, 0) is 4.79 Å². The molecule has 5 nitrogen and oxygen atoms in total. The minimum absolute atomic E-state index is 0.0600. The summed E-state index contributed by atoms with van der Waals surface area (Å²) in [5, 5.41) is 20.4. The van der Waals surface area contributed by atoms with E-state index in [0.29, 0.717) is 22.2 Å². The van der Waals surface area contributed by atoms with Gasteiger partial charge < -0.3 is 10.2 Å². The van der Waals surface area contributed by atoms with Crippen LogP contribution in [0.2, 0.25) is 0 Å². The van der Waals surface area contributed by atoms with Crippen molar-refractivity contribution in [3.63, 3.8) is 0 Å². The number of phenolic OH excluding ortho intramolecular Hbond substituents is 1. The number of hydrogen-bond acceptors (Lipinski definition) is 3. The van der Waals surface area contributed by atoms with Gasteiger partial charge in [0.05, 0.1) is 11.4 Å². The molecule has 2 N–H and O–H groups in total. The number of nitrogens with zero attached hydrogens (tertiary/aromatic N) is 1. The van der Waals surface area contributed by atoms with Crippen LogP contribution >= 0.6 is 15.9 Å². The third kappa shape index (κ3) is 3.41. The maximum atomic E-state index is 14.3. The normalized spacial score (nSPS) is 15.6. The van der Waals surface area contributed by atoms with E-state index in [1.54, 1.807) is 31.2 Å². The van der Waals surface area contributed by atoms with Crippen molar-refractivity contribution in [1.29, 1.82) is 0 Å². The third-order valence-electron chi connectivity index (χ3n) is 6.06. The molecule has 2 aromatic carbocycles. The Morgan fingerprint density at radius 3 is 2.40 bits per heavy atom. The van der Waals surface area contributed by atoms with Crippen LogP contribution in [0, 0.1) is 18.7 Å². The number of carbonyl (C=O) groups excluding carboxylic acids is 1. The predicted molar refractivity (Wildman–Crippen MR) is 115 cm³/mol. The molecule has 0 aliphatic heterocycles. The molecule has 0 saturated heterocycles. The van der Waals surface area contributed by atoms with Gasteiger partial charge in [-0.15, -0.1) is 0 Å². The smallest absolute Gasteiger partial charge is 0.311 e. The van der Waals surface area contributed by atoms with E-state index in [0.717, 1.165) is 36.2 Å². The van der Waals surface area contributed by atoms with E-state index in [1.165, 1.54) is 10.6 Å². The lowest BCUT2D eigenvalue weighted by atomic mass is 9.83. The van der Waals surface area contributed by atoms with Crippen LogP contribution < -0.4 is 0 Å². The number of phenols is 1. The van der Waals surface area contributed by atoms with Crippen LogP contribution in [0.5, 0.6) is 5.75 Å². The predicted octanol–water partition coefficient (Wildman–Crippen LogP) is 5.60. The number of carboxylic acids is 1. The van der Waals surface area contributed by atoms with Gasteiger partial charge in [0.1, 0.15) is 0 Å². The Balaban J connectivity index is 1.98. The maximum Gasteiger partial charge on any atom is 0.311 e. The molecule has 1 aliphatic rings. The SMILES string of the molecule is Cc1c(C(C(=O)O)C2CCCC2)c2cc(O)c(F)cc2n1C(=O)c1ccc(Br)cc1. The van der Waals surface area contributed by atoms with Crippen molar-refractivity contribution in [1.82, 2.24) is 4.57 Å². The number of benzene rings is 2. The summed E-state index contributed by atoms with van der Waals surface area (Å²) < 4.78 is 16.4. The molecule has 1 fully saturated rings. The fourth-order valence-electron chi connectivity index (χ4n) is 4.68. The molecule has 3 aromatic rings. The number of fused-ring (bicyclic) bond motifs is 1. The standard InChI is InChI=1S/C23H21BrFNO4/c1-12-20(21(23(29)30)13-4-2-3-5-13)16-10-19(27)17(25)11-18(16)26(12)22(28)14-6-8-15(24)9-7-14/h6-11,13,21,27H,2-5H2,1H3,(H,29,30). The number of rotatable bonds is 4. The first-order valence-electron chi connectivity index (χ1n) is 9.86. The van der Waals surface area contributed by atoms with Crippen LogP contribution in [0.4, 0.5) is 4.39 Å². The van der Waals surface area contributed by atoms with E-state index in [9.17, 15) is 24.2 Å². The molecule has 30 heavy (non-hydrogen) atoms. The van der Waals surface area contributed by atoms with Gasteiger partial charge in [-0.05, 0) is 61.6 Å². The molecule has 0 spiro atoms. The minimum atomic E-state index is -0.969. The van der Waals surface area contributed by atoms with Gasteiger partial charge in [-0.25, -0.2) is 4.39 Å². The van der Waals surface area contributed by atoms with Gasteiger partial charge in [0.2, 0.25) is 0 Å². The second-order valence-corrected chi connectivity index (χ2v) is 8.74. The topological polar surface area (TPSA) is 79.5 Å². The fourth-order valence-corrected chi connectivity index (χ4v) is 4.94. The number of aromatic nitrogens is 1. The van der Waals surface area contributed by atoms with Gasteiger partial charge in [0.25, 0.3) is 5.91 Å². The number of carboxylic acid groups (broad SMARTS) is 1. The molecule has 1 saturated carbocycles. The van der Waals surface area contributed by atoms with Crippen molar-refractivity contribution in [3.8, 4) is 5.75 Å². The first kappa shape index (κ1) is 20.6. The highest BCUT2D eigenvalue weighted by Crippen LogP contribution is 2.43. The Morgan fingerprint density at radius 2 is 1.80 bits per heavy atom. The highest BCUT2D eigenvalue weighted by Gasteiger charge is 2.36. The summed E-state index contributed by atoms with van der Waals surface area (Å²) in [4.78, 5) is 25.6. The van der Waals surface area contributed by atoms with Crippen molar-refractivity contribution >= 4 is 38.7 Å². The van der Waals surface area contributed by atoms with E-state index >= 15 is 0 Å². The first-order chi connectivity index (χ1) is 14.3. The lowest BCUT2D eigenvalue weighted by Gasteiger charge is -2.20. The zero-order valence-electron chi connectivity index (χ0n) is 16.4. The molecule has 4 rings (SSSR count). The maximum absolute atomic E-state index is 14.3. The van der Waals surface area contributed by atoms with Crippen LogP contribution in [-0.4, -0.2) is 26.7 Å². The third-order valence-corrected chi connectivity index (χ3v) is 6.59. The van der Waals surface area contributed by atoms with Crippen molar-refractivity contribution in [3.05, 3.63) is 63.5 Å². The van der Waals surface area contributed by atoms with Crippen LogP contribution in [0.1, 0.15) is 53.2 Å². The molecule has 1 atom stereocenters. The minimum Gasteiger partial charge on any atom is -0.505 e. The molecule has 1 aliphatic carbocycles. The van der Waals surface area contributed by atoms with E-state index in [4.69, 9.17) is 0 Å². The summed E-state index contributed by atoms with van der Waals surface area (Å²) in [6, 6.07) is 9.12. The molecule has 1 aromatic heterocycles. The summed E-state index contributed by atoms with van der Waals surface area (Å²) >= 11 is 3.34. The van der Waals surface area contributed by atoms with Gasteiger partial charge in [-0.2, -0.15) is 0 Å². The Hall–Kier alpha value is -2.67. The number of hydrogen-bond donors (Lipinski definition) is 2. The van der Waals surface area contributed by atoms with E-state index in [-0.39, 0.29) is 17.3 Å². The number of aromatic hydroxyl groups is 1. The summed E-state index contributed by atoms with van der Waals surface area (Å²) in [6.07, 6.45) is 3.50. The lowest BCUT2D eigenvalue weighted by Crippen LogP contribution is -2.21. The number of carbonyl (C=O) groups is 2. The molecule has 1 heterocycles. The summed E-state index contributed by atoms with van der Waals surface area (Å²) in [6.45, 7) is 1.69. The second-order valence-electron chi connectivity index (χ2n) is 7.83.